The van der Waals surface area contributed by atoms with Gasteiger partial charge in [0.05, 0.1) is 0 Å². The Balaban J connectivity index is 0. The van der Waals surface area contributed by atoms with Crippen molar-refractivity contribution < 1.29 is 33.9 Å². The summed E-state index contributed by atoms with van der Waals surface area (Å²) >= 11 is 0. The molecule has 0 amide bonds. The fourth-order valence-electron chi connectivity index (χ4n) is 0.535. The van der Waals surface area contributed by atoms with Gasteiger partial charge in [0.1, 0.15) is 18.9 Å². The molecule has 4 heteroatoms. The van der Waals surface area contributed by atoms with E-state index in [0.717, 1.165) is 0 Å². The van der Waals surface area contributed by atoms with Gasteiger partial charge in [0, 0.05) is 19.5 Å². The van der Waals surface area contributed by atoms with Crippen molar-refractivity contribution >= 4 is 18.9 Å². The number of carbonyl (C=O) groups excluding carboxylic acids is 3. The first kappa shape index (κ1) is 14.6. The molecule has 3 nitrogen and oxygen atoms in total. The molecule has 0 fully saturated rings. The summed E-state index contributed by atoms with van der Waals surface area (Å²) in [6.45, 7) is 1.79. The van der Waals surface area contributed by atoms with Gasteiger partial charge in [0.2, 0.25) is 0 Å². The van der Waals surface area contributed by atoms with Crippen LogP contribution in [0.3, 0.4) is 0 Å². The Morgan fingerprint density at radius 3 is 1.69 bits per heavy atom. The molecule has 0 rings (SSSR count). The molecule has 0 radical (unpaired) electrons. The van der Waals surface area contributed by atoms with Gasteiger partial charge in [-0.1, -0.05) is 24.3 Å². The summed E-state index contributed by atoms with van der Waals surface area (Å²) in [5.74, 6) is 0. The van der Waals surface area contributed by atoms with Gasteiger partial charge in [-0.25, -0.2) is 0 Å². The predicted octanol–water partition coefficient (Wildman–Crippen LogP) is 0.699. The second kappa shape index (κ2) is 7.75. The number of aldehydes is 3. The molecule has 0 spiro atoms. The quantitative estimate of drug-likeness (QED) is 0.319. The van der Waals surface area contributed by atoms with Crippen LogP contribution in [0.15, 0.2) is 24.3 Å². The minimum Gasteiger partial charge on any atom is -0.301 e. The molecule has 0 aliphatic rings. The van der Waals surface area contributed by atoms with Crippen LogP contribution in [0.4, 0.5) is 0 Å². The smallest absolute Gasteiger partial charge is 0.155 e. The number of carbonyl (C=O) groups is 3. The van der Waals surface area contributed by atoms with Crippen molar-refractivity contribution in [3.05, 3.63) is 24.3 Å². The predicted molar refractivity (Wildman–Crippen MR) is 44.6 cm³/mol. The van der Waals surface area contributed by atoms with Crippen molar-refractivity contribution in [2.75, 3.05) is 0 Å². The van der Waals surface area contributed by atoms with E-state index in [1.165, 1.54) is 12.2 Å². The monoisotopic (exact) mass is 268 g/mol. The van der Waals surface area contributed by atoms with Crippen molar-refractivity contribution in [2.24, 2.45) is 5.41 Å². The Morgan fingerprint density at radius 1 is 0.923 bits per heavy atom. The van der Waals surface area contributed by atoms with Gasteiger partial charge in [-0.2, -0.15) is 0 Å². The second-order valence-corrected chi connectivity index (χ2v) is 2.24. The van der Waals surface area contributed by atoms with Crippen molar-refractivity contribution in [3.63, 3.8) is 0 Å². The normalized spacial score (nSPS) is 11.2. The van der Waals surface area contributed by atoms with E-state index < -0.39 is 5.41 Å². The average Bonchev–Trinajstić information content (AvgIpc) is 2.14. The van der Waals surface area contributed by atoms with E-state index in [9.17, 15) is 14.4 Å². The molecule has 0 saturated carbocycles. The maximum absolute atomic E-state index is 10.3. The molecule has 0 aromatic rings. The Hall–Kier alpha value is -0.887. The first-order chi connectivity index (χ1) is 5.74. The summed E-state index contributed by atoms with van der Waals surface area (Å²) in [5, 5.41) is 0. The second-order valence-electron chi connectivity index (χ2n) is 2.24. The molecular weight excluding hydrogens is 257 g/mol. The van der Waals surface area contributed by atoms with Crippen LogP contribution in [-0.2, 0) is 33.9 Å². The molecule has 0 heterocycles. The van der Waals surface area contributed by atoms with Gasteiger partial charge in [0.15, 0.2) is 5.41 Å². The Morgan fingerprint density at radius 2 is 1.38 bits per heavy atom. The Kier molecular flexibility index (Phi) is 8.72. The molecule has 0 aliphatic carbocycles. The van der Waals surface area contributed by atoms with Crippen molar-refractivity contribution in [2.45, 2.75) is 6.92 Å². The number of rotatable bonds is 5. The van der Waals surface area contributed by atoms with E-state index >= 15 is 0 Å². The van der Waals surface area contributed by atoms with Gasteiger partial charge < -0.3 is 14.4 Å². The molecule has 0 unspecified atom stereocenters. The summed E-state index contributed by atoms with van der Waals surface area (Å²) in [6, 6.07) is 0. The molecular formula is C9H10O3Ru. The fraction of sp³-hybridized carbons (Fsp3) is 0.222. The number of allylic oxidation sites excluding steroid dienone is 4. The third-order valence-corrected chi connectivity index (χ3v) is 1.30. The maximum Gasteiger partial charge on any atom is 0.155 e. The van der Waals surface area contributed by atoms with Gasteiger partial charge >= 0.3 is 0 Å². The Bertz CT molecular complexity index is 209. The van der Waals surface area contributed by atoms with Crippen LogP contribution in [0.1, 0.15) is 6.92 Å². The molecule has 0 bridgehead atoms. The van der Waals surface area contributed by atoms with Crippen LogP contribution in [0.5, 0.6) is 0 Å². The minimum atomic E-state index is -1.60. The zero-order chi connectivity index (χ0) is 9.45. The van der Waals surface area contributed by atoms with E-state index in [1.807, 2.05) is 0 Å². The van der Waals surface area contributed by atoms with Crippen LogP contribution in [0, 0.1) is 5.41 Å². The summed E-state index contributed by atoms with van der Waals surface area (Å²) < 4.78 is 0. The number of hydrogen-bond acceptors (Lipinski definition) is 3. The fourth-order valence-corrected chi connectivity index (χ4v) is 0.535. The van der Waals surface area contributed by atoms with Crippen LogP contribution < -0.4 is 0 Å². The van der Waals surface area contributed by atoms with Crippen molar-refractivity contribution in [1.82, 2.24) is 0 Å². The third kappa shape index (κ3) is 4.63. The molecule has 0 aromatic carbocycles. The van der Waals surface area contributed by atoms with E-state index in [2.05, 4.69) is 0 Å². The molecule has 13 heavy (non-hydrogen) atoms. The zero-order valence-corrected chi connectivity index (χ0v) is 8.86. The van der Waals surface area contributed by atoms with Crippen molar-refractivity contribution in [1.29, 1.82) is 0 Å². The molecule has 72 valence electrons. The molecule has 0 N–H and O–H groups in total. The topological polar surface area (TPSA) is 51.2 Å². The maximum atomic E-state index is 10.3. The van der Waals surface area contributed by atoms with E-state index in [4.69, 9.17) is 0 Å². The summed E-state index contributed by atoms with van der Waals surface area (Å²) in [4.78, 5) is 31.0. The van der Waals surface area contributed by atoms with Gasteiger partial charge in [-0.15, -0.1) is 0 Å². The summed E-state index contributed by atoms with van der Waals surface area (Å²) in [5.41, 5.74) is -1.60. The average molecular weight is 267 g/mol. The zero-order valence-electron chi connectivity index (χ0n) is 7.12. The molecule has 0 aliphatic heterocycles. The summed E-state index contributed by atoms with van der Waals surface area (Å²) in [6.07, 6.45) is 7.02. The SMILES string of the molecule is CC=CC=CC(C=O)(C=O)C=O.[Ru]. The van der Waals surface area contributed by atoms with E-state index in [1.54, 1.807) is 19.1 Å². The van der Waals surface area contributed by atoms with Gasteiger partial charge in [-0.3, -0.25) is 0 Å². The minimum absolute atomic E-state index is 0. The van der Waals surface area contributed by atoms with Crippen LogP contribution in [-0.4, -0.2) is 18.9 Å². The third-order valence-electron chi connectivity index (χ3n) is 1.30. The molecule has 0 saturated heterocycles. The van der Waals surface area contributed by atoms with Gasteiger partial charge in [-0.05, 0) is 6.92 Å². The largest absolute Gasteiger partial charge is 0.301 e. The van der Waals surface area contributed by atoms with Gasteiger partial charge in [0.25, 0.3) is 0 Å². The van der Waals surface area contributed by atoms with E-state index in [-0.39, 0.29) is 19.5 Å². The first-order valence-electron chi connectivity index (χ1n) is 3.44. The first-order valence-corrected chi connectivity index (χ1v) is 3.44. The van der Waals surface area contributed by atoms with Crippen LogP contribution >= 0.6 is 0 Å². The molecule has 0 aromatic heterocycles. The number of hydrogen-bond donors (Lipinski definition) is 0. The van der Waals surface area contributed by atoms with Crippen molar-refractivity contribution in [3.8, 4) is 0 Å². The summed E-state index contributed by atoms with van der Waals surface area (Å²) in [7, 11) is 0. The molecule has 0 atom stereocenters. The van der Waals surface area contributed by atoms with Crippen LogP contribution in [0.25, 0.3) is 0 Å². The van der Waals surface area contributed by atoms with Crippen LogP contribution in [0.2, 0.25) is 0 Å². The van der Waals surface area contributed by atoms with E-state index in [0.29, 0.717) is 18.9 Å². The Labute approximate surface area is 89.6 Å². The standard InChI is InChI=1S/C9H10O3.Ru/c1-2-3-4-5-9(6-10,7-11)8-12;/h2-8H,1H3;.